The first-order valence-corrected chi connectivity index (χ1v) is 11.0. The molecule has 0 aromatic carbocycles. The average Bonchev–Trinajstić information content (AvgIpc) is 2.21. The fourth-order valence-electron chi connectivity index (χ4n) is 1.97. The van der Waals surface area contributed by atoms with E-state index in [1.165, 1.54) is 25.7 Å². The van der Waals surface area contributed by atoms with Gasteiger partial charge in [0.05, 0.1) is 0 Å². The Labute approximate surface area is 171 Å². The second kappa shape index (κ2) is 15.0. The highest BCUT2D eigenvalue weighted by molar-refractivity contribution is 4.62. The molecule has 0 aliphatic carbocycles. The lowest BCUT2D eigenvalue weighted by Gasteiger charge is -2.19. The highest BCUT2D eigenvalue weighted by Crippen LogP contribution is 2.23. The fourth-order valence-corrected chi connectivity index (χ4v) is 1.97. The zero-order chi connectivity index (χ0) is 22.4. The van der Waals surface area contributed by atoms with Crippen LogP contribution in [0.1, 0.15) is 143 Å². The molecule has 0 bridgehead atoms. The lowest BCUT2D eigenvalue weighted by atomic mass is 9.86. The Balaban J connectivity index is -0.000000126. The Morgan fingerprint density at radius 1 is 0.538 bits per heavy atom. The molecular weight excluding hydrogens is 312 g/mol. The second-order valence-electron chi connectivity index (χ2n) is 13.4. The molecule has 0 amide bonds. The van der Waals surface area contributed by atoms with Crippen molar-refractivity contribution in [3.05, 3.63) is 0 Å². The SMILES string of the molecule is CC(C)(C)C.CC(C)CC(C)(C)C.CCC(C)(C)C.CCCC(C)(C)C. The zero-order valence-electron chi connectivity index (χ0n) is 22.4. The minimum atomic E-state index is 0.500. The van der Waals surface area contributed by atoms with Crippen molar-refractivity contribution < 1.29 is 0 Å². The highest BCUT2D eigenvalue weighted by atomic mass is 14.2. The maximum atomic E-state index is 2.28. The van der Waals surface area contributed by atoms with Gasteiger partial charge in [-0.15, -0.1) is 0 Å². The third kappa shape index (κ3) is 88.2. The predicted molar refractivity (Wildman–Crippen MR) is 128 cm³/mol. The van der Waals surface area contributed by atoms with E-state index in [2.05, 4.69) is 118 Å². The highest BCUT2D eigenvalue weighted by Gasteiger charge is 2.11. The number of hydrogen-bond donors (Lipinski definition) is 0. The van der Waals surface area contributed by atoms with Crippen LogP contribution in [-0.2, 0) is 0 Å². The number of rotatable bonds is 2. The molecule has 0 N–H and O–H groups in total. The smallest absolute Gasteiger partial charge is 0.0380 e. The zero-order valence-corrected chi connectivity index (χ0v) is 22.4. The van der Waals surface area contributed by atoms with Crippen molar-refractivity contribution in [2.24, 2.45) is 27.6 Å². The van der Waals surface area contributed by atoms with E-state index >= 15 is 0 Å². The monoisotopic (exact) mass is 372 g/mol. The summed E-state index contributed by atoms with van der Waals surface area (Å²) >= 11 is 0. The number of hydrogen-bond acceptors (Lipinski definition) is 0. The van der Waals surface area contributed by atoms with Crippen LogP contribution in [0.15, 0.2) is 0 Å². The van der Waals surface area contributed by atoms with E-state index in [1.807, 2.05) is 0 Å². The summed E-state index contributed by atoms with van der Waals surface area (Å²) in [6, 6.07) is 0. The lowest BCUT2D eigenvalue weighted by Crippen LogP contribution is -2.08. The van der Waals surface area contributed by atoms with E-state index in [1.54, 1.807) is 0 Å². The first-order valence-electron chi connectivity index (χ1n) is 11.0. The molecule has 26 heavy (non-hydrogen) atoms. The quantitative estimate of drug-likeness (QED) is 0.452. The van der Waals surface area contributed by atoms with Gasteiger partial charge in [0.1, 0.15) is 0 Å². The van der Waals surface area contributed by atoms with Gasteiger partial charge in [0.25, 0.3) is 0 Å². The first-order chi connectivity index (χ1) is 11.0. The minimum absolute atomic E-state index is 0.500. The van der Waals surface area contributed by atoms with Gasteiger partial charge in [0.2, 0.25) is 0 Å². The van der Waals surface area contributed by atoms with Gasteiger partial charge in [-0.1, -0.05) is 131 Å². The van der Waals surface area contributed by atoms with Crippen LogP contribution in [0.2, 0.25) is 0 Å². The van der Waals surface area contributed by atoms with Crippen molar-refractivity contribution in [2.75, 3.05) is 0 Å². The van der Waals surface area contributed by atoms with E-state index < -0.39 is 0 Å². The van der Waals surface area contributed by atoms with Crippen LogP contribution in [0.5, 0.6) is 0 Å². The van der Waals surface area contributed by atoms with Crippen LogP contribution in [0, 0.1) is 27.6 Å². The molecule has 0 radical (unpaired) electrons. The molecule has 0 spiro atoms. The van der Waals surface area contributed by atoms with Crippen LogP contribution in [0.25, 0.3) is 0 Å². The Morgan fingerprint density at radius 3 is 0.808 bits per heavy atom. The fraction of sp³-hybridized carbons (Fsp3) is 1.00. The summed E-state index contributed by atoms with van der Waals surface area (Å²) in [6.07, 6.45) is 5.25. The van der Waals surface area contributed by atoms with Crippen LogP contribution in [0.3, 0.4) is 0 Å². The van der Waals surface area contributed by atoms with Gasteiger partial charge in [0, 0.05) is 0 Å². The van der Waals surface area contributed by atoms with Gasteiger partial charge in [-0.25, -0.2) is 0 Å². The molecule has 0 aliphatic rings. The topological polar surface area (TPSA) is 0 Å². The maximum absolute atomic E-state index is 2.28. The van der Waals surface area contributed by atoms with E-state index in [0.29, 0.717) is 21.7 Å². The summed E-state index contributed by atoms with van der Waals surface area (Å²) < 4.78 is 0. The summed E-state index contributed by atoms with van der Waals surface area (Å²) in [6.45, 7) is 38.1. The lowest BCUT2D eigenvalue weighted by molar-refractivity contribution is 0.320. The summed E-state index contributed by atoms with van der Waals surface area (Å²) in [5, 5.41) is 0. The van der Waals surface area contributed by atoms with Crippen molar-refractivity contribution in [3.63, 3.8) is 0 Å². The van der Waals surface area contributed by atoms with Crippen LogP contribution >= 0.6 is 0 Å². The summed E-state index contributed by atoms with van der Waals surface area (Å²) in [5.74, 6) is 0.843. The Morgan fingerprint density at radius 2 is 0.808 bits per heavy atom. The molecule has 0 fully saturated rings. The third-order valence-corrected chi connectivity index (χ3v) is 3.08. The Bertz CT molecular complexity index is 261. The van der Waals surface area contributed by atoms with Gasteiger partial charge in [-0.2, -0.15) is 0 Å². The second-order valence-corrected chi connectivity index (χ2v) is 13.4. The van der Waals surface area contributed by atoms with E-state index in [9.17, 15) is 0 Å². The van der Waals surface area contributed by atoms with Gasteiger partial charge in [-0.05, 0) is 40.4 Å². The minimum Gasteiger partial charge on any atom is -0.0654 e. The van der Waals surface area contributed by atoms with Crippen LogP contribution in [-0.4, -0.2) is 0 Å². The van der Waals surface area contributed by atoms with Gasteiger partial charge in [-0.3, -0.25) is 0 Å². The first kappa shape index (κ1) is 33.6. The maximum Gasteiger partial charge on any atom is -0.0380 e. The summed E-state index contributed by atoms with van der Waals surface area (Å²) in [7, 11) is 0. The van der Waals surface area contributed by atoms with Gasteiger partial charge in [0.15, 0.2) is 0 Å². The third-order valence-electron chi connectivity index (χ3n) is 3.08. The molecule has 0 aromatic rings. The largest absolute Gasteiger partial charge is 0.0654 e. The van der Waals surface area contributed by atoms with Crippen molar-refractivity contribution in [1.29, 1.82) is 0 Å². The molecule has 0 saturated heterocycles. The van der Waals surface area contributed by atoms with Crippen molar-refractivity contribution in [3.8, 4) is 0 Å². The summed E-state index contributed by atoms with van der Waals surface area (Å²) in [5.41, 5.74) is 2.11. The normalized spacial score (nSPS) is 12.2. The van der Waals surface area contributed by atoms with Crippen molar-refractivity contribution in [1.82, 2.24) is 0 Å². The molecule has 0 rings (SSSR count). The molecule has 0 saturated carbocycles. The van der Waals surface area contributed by atoms with Crippen LogP contribution < -0.4 is 0 Å². The summed E-state index contributed by atoms with van der Waals surface area (Å²) in [4.78, 5) is 0. The standard InChI is InChI=1S/C8H18.C7H16.C6H14.C5H12/c1-7(2)6-8(3,4)5;1-5-6-7(2,3)4;1-5-6(2,3)4;1-5(2,3)4/h7H,6H2,1-5H3;5-6H2,1-4H3;5H2,1-4H3;1-4H3. The Hall–Kier alpha value is 0. The molecule has 0 heteroatoms. The van der Waals surface area contributed by atoms with Gasteiger partial charge >= 0.3 is 0 Å². The molecule has 0 unspecified atom stereocenters. The van der Waals surface area contributed by atoms with Crippen molar-refractivity contribution in [2.45, 2.75) is 143 Å². The van der Waals surface area contributed by atoms with Gasteiger partial charge < -0.3 is 0 Å². The predicted octanol–water partition coefficient (Wildman–Crippen LogP) is 10.4. The van der Waals surface area contributed by atoms with E-state index in [4.69, 9.17) is 0 Å². The Kier molecular flexibility index (Phi) is 19.3. The molecule has 0 heterocycles. The molecular formula is C26H60. The molecule has 0 aliphatic heterocycles. The van der Waals surface area contributed by atoms with E-state index in [0.717, 1.165) is 5.92 Å². The van der Waals surface area contributed by atoms with Crippen LogP contribution in [0.4, 0.5) is 0 Å². The molecule has 164 valence electrons. The average molecular weight is 373 g/mol. The molecule has 0 aromatic heterocycles. The molecule has 0 atom stereocenters. The van der Waals surface area contributed by atoms with Crippen molar-refractivity contribution >= 4 is 0 Å². The molecule has 0 nitrogen and oxygen atoms in total. The van der Waals surface area contributed by atoms with E-state index in [-0.39, 0.29) is 0 Å².